The first-order valence-electron chi connectivity index (χ1n) is 7.05. The minimum absolute atomic E-state index is 0.00714. The van der Waals surface area contributed by atoms with Crippen molar-refractivity contribution in [1.29, 1.82) is 0 Å². The molecule has 0 saturated carbocycles. The number of rotatable bonds is 5. The van der Waals surface area contributed by atoms with Crippen molar-refractivity contribution >= 4 is 5.78 Å². The molecular weight excluding hydrogens is 254 g/mol. The Morgan fingerprint density at radius 1 is 1.40 bits per heavy atom. The van der Waals surface area contributed by atoms with Crippen LogP contribution in [0.5, 0.6) is 0 Å². The zero-order valence-corrected chi connectivity index (χ0v) is 12.2. The molecule has 1 aromatic rings. The highest BCUT2D eigenvalue weighted by Crippen LogP contribution is 2.20. The normalized spacial score (nSPS) is 22.6. The van der Waals surface area contributed by atoms with Gasteiger partial charge in [0, 0.05) is 19.5 Å². The van der Waals surface area contributed by atoms with Crippen LogP contribution in [0.25, 0.3) is 0 Å². The number of aliphatic hydroxyl groups is 1. The standard InChI is InChI=1S/C16H23NO3/c1-16(2)12-17(10-15(11-18)20-16)9-14(19)8-13-6-4-3-5-7-13/h3-7,15,18H,8-12H2,1-2H3. The molecular formula is C16H23NO3. The quantitative estimate of drug-likeness (QED) is 0.880. The van der Waals surface area contributed by atoms with Crippen molar-refractivity contribution in [2.24, 2.45) is 0 Å². The molecule has 1 aromatic carbocycles. The first-order chi connectivity index (χ1) is 9.48. The van der Waals surface area contributed by atoms with Gasteiger partial charge in [-0.2, -0.15) is 0 Å². The highest BCUT2D eigenvalue weighted by atomic mass is 16.5. The topological polar surface area (TPSA) is 49.8 Å². The van der Waals surface area contributed by atoms with E-state index in [0.717, 1.165) is 5.56 Å². The van der Waals surface area contributed by atoms with Crippen LogP contribution in [0.15, 0.2) is 30.3 Å². The number of carbonyl (C=O) groups excluding carboxylic acids is 1. The monoisotopic (exact) mass is 277 g/mol. The van der Waals surface area contributed by atoms with Crippen molar-refractivity contribution in [2.45, 2.75) is 32.0 Å². The zero-order chi connectivity index (χ0) is 14.6. The number of carbonyl (C=O) groups is 1. The van der Waals surface area contributed by atoms with E-state index >= 15 is 0 Å². The summed E-state index contributed by atoms with van der Waals surface area (Å²) >= 11 is 0. The fourth-order valence-corrected chi connectivity index (χ4v) is 2.76. The largest absolute Gasteiger partial charge is 0.394 e. The average molecular weight is 277 g/mol. The Bertz CT molecular complexity index is 444. The average Bonchev–Trinajstić information content (AvgIpc) is 2.37. The minimum atomic E-state index is -0.321. The van der Waals surface area contributed by atoms with Gasteiger partial charge in [-0.1, -0.05) is 30.3 Å². The lowest BCUT2D eigenvalue weighted by Gasteiger charge is -2.42. The molecule has 110 valence electrons. The van der Waals surface area contributed by atoms with Crippen LogP contribution < -0.4 is 0 Å². The summed E-state index contributed by atoms with van der Waals surface area (Å²) in [5, 5.41) is 9.27. The Kier molecular flexibility index (Phi) is 4.91. The maximum atomic E-state index is 12.1. The fourth-order valence-electron chi connectivity index (χ4n) is 2.76. The van der Waals surface area contributed by atoms with Crippen molar-refractivity contribution in [3.05, 3.63) is 35.9 Å². The molecule has 0 bridgehead atoms. The molecule has 4 nitrogen and oxygen atoms in total. The van der Waals surface area contributed by atoms with Gasteiger partial charge < -0.3 is 9.84 Å². The third-order valence-electron chi connectivity index (χ3n) is 3.40. The van der Waals surface area contributed by atoms with E-state index in [1.807, 2.05) is 44.2 Å². The van der Waals surface area contributed by atoms with Crippen molar-refractivity contribution in [1.82, 2.24) is 4.90 Å². The summed E-state index contributed by atoms with van der Waals surface area (Å²) in [7, 11) is 0. The number of ketones is 1. The second-order valence-corrected chi connectivity index (χ2v) is 6.05. The van der Waals surface area contributed by atoms with Gasteiger partial charge in [0.05, 0.1) is 24.9 Å². The van der Waals surface area contributed by atoms with Crippen LogP contribution >= 0.6 is 0 Å². The molecule has 1 fully saturated rings. The fraction of sp³-hybridized carbons (Fsp3) is 0.562. The zero-order valence-electron chi connectivity index (χ0n) is 12.2. The highest BCUT2D eigenvalue weighted by Gasteiger charge is 2.33. The third-order valence-corrected chi connectivity index (χ3v) is 3.40. The predicted molar refractivity (Wildman–Crippen MR) is 77.6 cm³/mol. The van der Waals surface area contributed by atoms with Crippen LogP contribution in [-0.4, -0.2) is 53.7 Å². The van der Waals surface area contributed by atoms with Crippen molar-refractivity contribution in [2.75, 3.05) is 26.2 Å². The van der Waals surface area contributed by atoms with E-state index in [2.05, 4.69) is 4.90 Å². The molecule has 0 aromatic heterocycles. The van der Waals surface area contributed by atoms with Crippen LogP contribution in [0, 0.1) is 0 Å². The van der Waals surface area contributed by atoms with Gasteiger partial charge in [-0.3, -0.25) is 9.69 Å². The van der Waals surface area contributed by atoms with Gasteiger partial charge in [-0.05, 0) is 19.4 Å². The summed E-state index contributed by atoms with van der Waals surface area (Å²) in [5.74, 6) is 0.200. The van der Waals surface area contributed by atoms with Crippen LogP contribution in [0.3, 0.4) is 0 Å². The smallest absolute Gasteiger partial charge is 0.151 e. The summed E-state index contributed by atoms with van der Waals surface area (Å²) in [6.07, 6.45) is 0.255. The minimum Gasteiger partial charge on any atom is -0.394 e. The number of ether oxygens (including phenoxy) is 1. The van der Waals surface area contributed by atoms with Crippen molar-refractivity contribution in [3.8, 4) is 0 Å². The van der Waals surface area contributed by atoms with Crippen molar-refractivity contribution < 1.29 is 14.6 Å². The molecule has 1 saturated heterocycles. The van der Waals surface area contributed by atoms with E-state index in [4.69, 9.17) is 4.74 Å². The molecule has 1 unspecified atom stereocenters. The number of hydrogen-bond donors (Lipinski definition) is 1. The van der Waals surface area contributed by atoms with Crippen molar-refractivity contribution in [3.63, 3.8) is 0 Å². The van der Waals surface area contributed by atoms with Crippen LogP contribution in [0.2, 0.25) is 0 Å². The summed E-state index contributed by atoms with van der Waals surface area (Å²) in [4.78, 5) is 14.2. The van der Waals surface area contributed by atoms with Gasteiger partial charge in [0.1, 0.15) is 0 Å². The Labute approximate surface area is 120 Å². The van der Waals surface area contributed by atoms with E-state index in [-0.39, 0.29) is 24.1 Å². The van der Waals surface area contributed by atoms with Gasteiger partial charge in [0.2, 0.25) is 0 Å². The Morgan fingerprint density at radius 2 is 2.10 bits per heavy atom. The maximum Gasteiger partial charge on any atom is 0.151 e. The SMILES string of the molecule is CC1(C)CN(CC(=O)Cc2ccccc2)CC(CO)O1. The predicted octanol–water partition coefficient (Wildman–Crippen LogP) is 1.27. The Hall–Kier alpha value is -1.23. The van der Waals surface area contributed by atoms with E-state index < -0.39 is 0 Å². The highest BCUT2D eigenvalue weighted by molar-refractivity contribution is 5.82. The molecule has 1 aliphatic rings. The molecule has 1 aliphatic heterocycles. The first kappa shape index (κ1) is 15.2. The third kappa shape index (κ3) is 4.40. The summed E-state index contributed by atoms with van der Waals surface area (Å²) in [6.45, 7) is 5.71. The second-order valence-electron chi connectivity index (χ2n) is 6.05. The lowest BCUT2D eigenvalue weighted by atomic mass is 10.0. The van der Waals surface area contributed by atoms with Gasteiger partial charge in [-0.25, -0.2) is 0 Å². The maximum absolute atomic E-state index is 12.1. The Morgan fingerprint density at radius 3 is 2.75 bits per heavy atom. The van der Waals surface area contributed by atoms with E-state index in [0.29, 0.717) is 26.1 Å². The molecule has 4 heteroatoms. The number of aliphatic hydroxyl groups excluding tert-OH is 1. The summed E-state index contributed by atoms with van der Waals surface area (Å²) < 4.78 is 5.75. The first-order valence-corrected chi connectivity index (χ1v) is 7.05. The molecule has 1 atom stereocenters. The molecule has 20 heavy (non-hydrogen) atoms. The number of hydrogen-bond acceptors (Lipinski definition) is 4. The summed E-state index contributed by atoms with van der Waals surface area (Å²) in [6, 6.07) is 9.78. The number of morpholine rings is 1. The van der Waals surface area contributed by atoms with Gasteiger partial charge in [-0.15, -0.1) is 0 Å². The molecule has 0 radical (unpaired) electrons. The number of nitrogens with zero attached hydrogens (tertiary/aromatic N) is 1. The van der Waals surface area contributed by atoms with E-state index in [9.17, 15) is 9.90 Å². The molecule has 0 amide bonds. The number of benzene rings is 1. The molecule has 0 spiro atoms. The summed E-state index contributed by atoms with van der Waals surface area (Å²) in [5.41, 5.74) is 0.724. The van der Waals surface area contributed by atoms with E-state index in [1.54, 1.807) is 0 Å². The van der Waals surface area contributed by atoms with Gasteiger partial charge in [0.25, 0.3) is 0 Å². The molecule has 0 aliphatic carbocycles. The lowest BCUT2D eigenvalue weighted by molar-refractivity contribution is -0.152. The Balaban J connectivity index is 1.90. The molecule has 1 heterocycles. The van der Waals surface area contributed by atoms with Crippen LogP contribution in [-0.2, 0) is 16.0 Å². The van der Waals surface area contributed by atoms with E-state index in [1.165, 1.54) is 0 Å². The van der Waals surface area contributed by atoms with Crippen LogP contribution in [0.1, 0.15) is 19.4 Å². The van der Waals surface area contributed by atoms with Gasteiger partial charge in [0.15, 0.2) is 5.78 Å². The molecule has 2 rings (SSSR count). The molecule has 1 N–H and O–H groups in total. The van der Waals surface area contributed by atoms with Crippen LogP contribution in [0.4, 0.5) is 0 Å². The van der Waals surface area contributed by atoms with Gasteiger partial charge >= 0.3 is 0 Å². The second kappa shape index (κ2) is 6.48. The lowest BCUT2D eigenvalue weighted by Crippen LogP contribution is -2.54. The number of Topliss-reactive ketones (excluding diaryl/α,β-unsaturated/α-hetero) is 1.